The van der Waals surface area contributed by atoms with Crippen LogP contribution in [0.3, 0.4) is 0 Å². The average Bonchev–Trinajstić information content (AvgIpc) is 2.53. The van der Waals surface area contributed by atoms with E-state index in [0.717, 1.165) is 23.2 Å². The van der Waals surface area contributed by atoms with Gasteiger partial charge in [-0.25, -0.2) is 8.42 Å². The topological polar surface area (TPSA) is 66.5 Å². The number of hydrogen-bond acceptors (Lipinski definition) is 3. The van der Waals surface area contributed by atoms with Gasteiger partial charge in [-0.3, -0.25) is 9.10 Å². The maximum absolute atomic E-state index is 12.6. The van der Waals surface area contributed by atoms with Crippen LogP contribution in [0.4, 0.5) is 11.4 Å². The van der Waals surface area contributed by atoms with E-state index in [1.165, 1.54) is 4.31 Å². The molecular weight excluding hydrogens is 336 g/mol. The van der Waals surface area contributed by atoms with E-state index in [-0.39, 0.29) is 11.7 Å². The van der Waals surface area contributed by atoms with Crippen molar-refractivity contribution >= 4 is 27.3 Å². The molecule has 1 N–H and O–H groups in total. The fourth-order valence-electron chi connectivity index (χ4n) is 3.13. The van der Waals surface area contributed by atoms with Crippen molar-refractivity contribution in [3.8, 4) is 0 Å². The summed E-state index contributed by atoms with van der Waals surface area (Å²) in [5.74, 6) is -0.0901. The van der Waals surface area contributed by atoms with Crippen LogP contribution in [0, 0.1) is 13.8 Å². The Labute approximate surface area is 148 Å². The number of carbonyl (C=O) groups is 1. The van der Waals surface area contributed by atoms with E-state index in [0.29, 0.717) is 24.2 Å². The third-order valence-electron chi connectivity index (χ3n) is 4.23. The van der Waals surface area contributed by atoms with Crippen molar-refractivity contribution in [2.45, 2.75) is 26.7 Å². The van der Waals surface area contributed by atoms with Gasteiger partial charge in [-0.1, -0.05) is 12.1 Å². The minimum absolute atomic E-state index is 0.159. The minimum atomic E-state index is -3.29. The fourth-order valence-corrected chi connectivity index (χ4v) is 4.76. The Balaban J connectivity index is 1.84. The number of hydrogen-bond donors (Lipinski definition) is 1. The highest BCUT2D eigenvalue weighted by Crippen LogP contribution is 2.25. The lowest BCUT2D eigenvalue weighted by molar-refractivity contribution is 0.102. The number of benzene rings is 2. The summed E-state index contributed by atoms with van der Waals surface area (Å²) in [5.41, 5.74) is 3.87. The van der Waals surface area contributed by atoms with E-state index in [1.54, 1.807) is 24.3 Å². The fraction of sp³-hybridized carbons (Fsp3) is 0.316. The number of aryl methyl sites for hydroxylation is 2. The molecule has 0 bridgehead atoms. The normalized spacial score (nSPS) is 16.5. The van der Waals surface area contributed by atoms with E-state index in [4.69, 9.17) is 0 Å². The molecule has 0 unspecified atom stereocenters. The predicted molar refractivity (Wildman–Crippen MR) is 101 cm³/mol. The quantitative estimate of drug-likeness (QED) is 0.913. The van der Waals surface area contributed by atoms with Crippen LogP contribution in [-0.2, 0) is 10.0 Å². The summed E-state index contributed by atoms with van der Waals surface area (Å²) in [6, 6.07) is 12.6. The van der Waals surface area contributed by atoms with E-state index in [9.17, 15) is 13.2 Å². The van der Waals surface area contributed by atoms with Gasteiger partial charge in [0.25, 0.3) is 5.91 Å². The molecule has 1 aliphatic heterocycles. The summed E-state index contributed by atoms with van der Waals surface area (Å²) in [5, 5.41) is 2.88. The van der Waals surface area contributed by atoms with E-state index in [1.807, 2.05) is 32.0 Å². The van der Waals surface area contributed by atoms with Gasteiger partial charge in [-0.15, -0.1) is 0 Å². The molecule has 1 saturated heterocycles. The van der Waals surface area contributed by atoms with Crippen LogP contribution >= 0.6 is 0 Å². The molecule has 1 fully saturated rings. The molecule has 0 aliphatic carbocycles. The summed E-state index contributed by atoms with van der Waals surface area (Å²) in [6.45, 7) is 4.42. The highest BCUT2D eigenvalue weighted by atomic mass is 32.2. The second-order valence-electron chi connectivity index (χ2n) is 6.48. The van der Waals surface area contributed by atoms with E-state index in [2.05, 4.69) is 5.32 Å². The number of anilines is 2. The van der Waals surface area contributed by atoms with Crippen LogP contribution in [0.1, 0.15) is 34.3 Å². The van der Waals surface area contributed by atoms with Crippen LogP contribution < -0.4 is 9.62 Å². The molecule has 6 heteroatoms. The third-order valence-corrected chi connectivity index (χ3v) is 6.09. The van der Waals surface area contributed by atoms with Crippen molar-refractivity contribution in [2.75, 3.05) is 21.9 Å². The van der Waals surface area contributed by atoms with Crippen LogP contribution in [0.25, 0.3) is 0 Å². The number of amides is 1. The van der Waals surface area contributed by atoms with Crippen molar-refractivity contribution < 1.29 is 13.2 Å². The Bertz CT molecular complexity index is 886. The smallest absolute Gasteiger partial charge is 0.255 e. The van der Waals surface area contributed by atoms with E-state index >= 15 is 0 Å². The van der Waals surface area contributed by atoms with Crippen molar-refractivity contribution in [3.63, 3.8) is 0 Å². The summed E-state index contributed by atoms with van der Waals surface area (Å²) in [7, 11) is -3.29. The molecule has 1 heterocycles. The Morgan fingerprint density at radius 3 is 2.44 bits per heavy atom. The SMILES string of the molecule is Cc1cc(C)cc(NC(=O)c2cccc(N3CCCCS3(=O)=O)c2)c1. The van der Waals surface area contributed by atoms with Crippen molar-refractivity contribution in [3.05, 3.63) is 59.2 Å². The number of sulfonamides is 1. The third kappa shape index (κ3) is 4.02. The number of rotatable bonds is 3. The Kier molecular flexibility index (Phi) is 4.81. The highest BCUT2D eigenvalue weighted by molar-refractivity contribution is 7.92. The number of nitrogens with one attached hydrogen (secondary N) is 1. The van der Waals surface area contributed by atoms with Crippen molar-refractivity contribution in [2.24, 2.45) is 0 Å². The molecule has 0 spiro atoms. The zero-order valence-electron chi connectivity index (χ0n) is 14.5. The molecule has 0 aromatic heterocycles. The molecule has 3 rings (SSSR count). The lowest BCUT2D eigenvalue weighted by Crippen LogP contribution is -2.37. The maximum atomic E-state index is 12.6. The van der Waals surface area contributed by atoms with Gasteiger partial charge in [-0.05, 0) is 68.1 Å². The monoisotopic (exact) mass is 358 g/mol. The Morgan fingerprint density at radius 2 is 1.76 bits per heavy atom. The molecule has 5 nitrogen and oxygen atoms in total. The summed E-state index contributed by atoms with van der Waals surface area (Å²) >= 11 is 0. The van der Waals surface area contributed by atoms with Gasteiger partial charge in [0.15, 0.2) is 0 Å². The van der Waals surface area contributed by atoms with Crippen LogP contribution in [-0.4, -0.2) is 26.6 Å². The van der Waals surface area contributed by atoms with Gasteiger partial charge < -0.3 is 5.32 Å². The zero-order valence-corrected chi connectivity index (χ0v) is 15.3. The second kappa shape index (κ2) is 6.88. The molecule has 1 amide bonds. The average molecular weight is 358 g/mol. The molecule has 0 saturated carbocycles. The van der Waals surface area contributed by atoms with Crippen molar-refractivity contribution in [1.29, 1.82) is 0 Å². The number of nitrogens with zero attached hydrogens (tertiary/aromatic N) is 1. The van der Waals surface area contributed by atoms with Crippen LogP contribution in [0.2, 0.25) is 0 Å². The molecule has 25 heavy (non-hydrogen) atoms. The largest absolute Gasteiger partial charge is 0.322 e. The summed E-state index contributed by atoms with van der Waals surface area (Å²) in [6.07, 6.45) is 1.52. The van der Waals surface area contributed by atoms with Gasteiger partial charge in [0.05, 0.1) is 11.4 Å². The molecule has 2 aromatic rings. The first-order valence-electron chi connectivity index (χ1n) is 8.35. The minimum Gasteiger partial charge on any atom is -0.322 e. The van der Waals surface area contributed by atoms with E-state index < -0.39 is 10.0 Å². The molecule has 0 atom stereocenters. The summed E-state index contributed by atoms with van der Waals surface area (Å²) in [4.78, 5) is 12.6. The highest BCUT2D eigenvalue weighted by Gasteiger charge is 2.26. The van der Waals surface area contributed by atoms with Gasteiger partial charge in [-0.2, -0.15) is 0 Å². The Hall–Kier alpha value is -2.34. The van der Waals surface area contributed by atoms with Gasteiger partial charge in [0, 0.05) is 17.8 Å². The first-order chi connectivity index (χ1) is 11.8. The first kappa shape index (κ1) is 17.5. The zero-order chi connectivity index (χ0) is 18.0. The maximum Gasteiger partial charge on any atom is 0.255 e. The molecule has 0 radical (unpaired) electrons. The lowest BCUT2D eigenvalue weighted by atomic mass is 10.1. The van der Waals surface area contributed by atoms with Gasteiger partial charge in [0.2, 0.25) is 10.0 Å². The molecule has 1 aliphatic rings. The first-order valence-corrected chi connectivity index (χ1v) is 9.96. The molecular formula is C19H22N2O3S. The van der Waals surface area contributed by atoms with Gasteiger partial charge >= 0.3 is 0 Å². The summed E-state index contributed by atoms with van der Waals surface area (Å²) < 4.78 is 25.9. The molecule has 132 valence electrons. The lowest BCUT2D eigenvalue weighted by Gasteiger charge is -2.28. The van der Waals surface area contributed by atoms with Crippen molar-refractivity contribution in [1.82, 2.24) is 0 Å². The second-order valence-corrected chi connectivity index (χ2v) is 8.49. The Morgan fingerprint density at radius 1 is 1.04 bits per heavy atom. The predicted octanol–water partition coefficient (Wildman–Crippen LogP) is 3.49. The van der Waals surface area contributed by atoms with Gasteiger partial charge in [0.1, 0.15) is 0 Å². The molecule has 2 aromatic carbocycles. The number of carbonyl (C=O) groups excluding carboxylic acids is 1. The standard InChI is InChI=1S/C19H22N2O3S/c1-14-10-15(2)12-17(11-14)20-19(22)16-6-5-7-18(13-16)21-8-3-4-9-25(21,23)24/h5-7,10-13H,3-4,8-9H2,1-2H3,(H,20,22). The van der Waals surface area contributed by atoms with Crippen LogP contribution in [0.5, 0.6) is 0 Å². The van der Waals surface area contributed by atoms with Crippen LogP contribution in [0.15, 0.2) is 42.5 Å².